The van der Waals surface area contributed by atoms with Gasteiger partial charge in [-0.25, -0.2) is 0 Å². The minimum atomic E-state index is -0.0234. The van der Waals surface area contributed by atoms with E-state index in [1.165, 1.54) is 0 Å². The van der Waals surface area contributed by atoms with E-state index in [1.807, 2.05) is 25.1 Å². The van der Waals surface area contributed by atoms with E-state index >= 15 is 0 Å². The molecule has 1 aromatic carbocycles. The lowest BCUT2D eigenvalue weighted by molar-refractivity contribution is 0.263. The van der Waals surface area contributed by atoms with Crippen molar-refractivity contribution in [2.45, 2.75) is 32.9 Å². The van der Waals surface area contributed by atoms with Crippen LogP contribution in [-0.2, 0) is 0 Å². The Bertz CT molecular complexity index is 390. The molecule has 1 aromatic rings. The second-order valence-electron chi connectivity index (χ2n) is 4.24. The van der Waals surface area contributed by atoms with Gasteiger partial charge in [0.1, 0.15) is 17.6 Å². The standard InChI is InChI=1S/C15H23NO2/c1-6-11(3)18-15-10-13(17-5)8-9-14(15)12(4)16-7-2/h6,8-12,16H,1,7H2,2-5H3. The normalized spacial score (nSPS) is 13.8. The average Bonchev–Trinajstić information content (AvgIpc) is 2.38. The van der Waals surface area contributed by atoms with Crippen LogP contribution in [0.1, 0.15) is 32.4 Å². The fraction of sp³-hybridized carbons (Fsp3) is 0.467. The van der Waals surface area contributed by atoms with Crippen molar-refractivity contribution in [1.82, 2.24) is 5.32 Å². The molecule has 0 aromatic heterocycles. The van der Waals surface area contributed by atoms with Crippen molar-refractivity contribution in [3.05, 3.63) is 36.4 Å². The van der Waals surface area contributed by atoms with Crippen molar-refractivity contribution in [2.24, 2.45) is 0 Å². The lowest BCUT2D eigenvalue weighted by Gasteiger charge is -2.20. The summed E-state index contributed by atoms with van der Waals surface area (Å²) >= 11 is 0. The van der Waals surface area contributed by atoms with Crippen LogP contribution in [0.15, 0.2) is 30.9 Å². The van der Waals surface area contributed by atoms with Crippen molar-refractivity contribution < 1.29 is 9.47 Å². The number of rotatable bonds is 7. The Kier molecular flexibility index (Phi) is 5.72. The molecule has 0 saturated heterocycles. The summed E-state index contributed by atoms with van der Waals surface area (Å²) in [5, 5.41) is 3.38. The molecule has 2 atom stereocenters. The summed E-state index contributed by atoms with van der Waals surface area (Å²) in [7, 11) is 1.66. The van der Waals surface area contributed by atoms with Crippen LogP contribution in [0.2, 0.25) is 0 Å². The zero-order valence-corrected chi connectivity index (χ0v) is 11.7. The van der Waals surface area contributed by atoms with Gasteiger partial charge in [0.25, 0.3) is 0 Å². The van der Waals surface area contributed by atoms with Gasteiger partial charge in [0.2, 0.25) is 0 Å². The Balaban J connectivity index is 3.03. The summed E-state index contributed by atoms with van der Waals surface area (Å²) < 4.78 is 11.1. The van der Waals surface area contributed by atoms with Crippen LogP contribution in [0.3, 0.4) is 0 Å². The number of hydrogen-bond acceptors (Lipinski definition) is 3. The molecule has 0 amide bonds. The molecule has 0 bridgehead atoms. The van der Waals surface area contributed by atoms with Gasteiger partial charge in [-0.15, -0.1) is 0 Å². The highest BCUT2D eigenvalue weighted by Crippen LogP contribution is 2.30. The minimum absolute atomic E-state index is 0.0234. The first-order valence-electron chi connectivity index (χ1n) is 6.32. The first-order valence-corrected chi connectivity index (χ1v) is 6.32. The van der Waals surface area contributed by atoms with E-state index in [-0.39, 0.29) is 12.1 Å². The number of nitrogens with one attached hydrogen (secondary N) is 1. The smallest absolute Gasteiger partial charge is 0.128 e. The van der Waals surface area contributed by atoms with Gasteiger partial charge in [-0.05, 0) is 26.5 Å². The molecule has 0 saturated carbocycles. The van der Waals surface area contributed by atoms with Gasteiger partial charge >= 0.3 is 0 Å². The van der Waals surface area contributed by atoms with Gasteiger partial charge in [0.15, 0.2) is 0 Å². The average molecular weight is 249 g/mol. The Morgan fingerprint density at radius 1 is 1.39 bits per heavy atom. The SMILES string of the molecule is C=CC(C)Oc1cc(OC)ccc1C(C)NCC. The quantitative estimate of drug-likeness (QED) is 0.752. The van der Waals surface area contributed by atoms with E-state index in [2.05, 4.69) is 25.7 Å². The van der Waals surface area contributed by atoms with Gasteiger partial charge in [-0.3, -0.25) is 0 Å². The molecular formula is C15H23NO2. The van der Waals surface area contributed by atoms with Gasteiger partial charge < -0.3 is 14.8 Å². The van der Waals surface area contributed by atoms with Crippen LogP contribution < -0.4 is 14.8 Å². The second kappa shape index (κ2) is 7.07. The van der Waals surface area contributed by atoms with Crippen LogP contribution in [-0.4, -0.2) is 19.8 Å². The van der Waals surface area contributed by atoms with Crippen molar-refractivity contribution >= 4 is 0 Å². The fourth-order valence-electron chi connectivity index (χ4n) is 1.77. The first kappa shape index (κ1) is 14.6. The molecule has 18 heavy (non-hydrogen) atoms. The molecule has 2 unspecified atom stereocenters. The molecule has 0 aliphatic carbocycles. The molecule has 0 radical (unpaired) electrons. The molecule has 3 nitrogen and oxygen atoms in total. The summed E-state index contributed by atoms with van der Waals surface area (Å²) in [4.78, 5) is 0. The monoisotopic (exact) mass is 249 g/mol. The molecule has 1 N–H and O–H groups in total. The fourth-order valence-corrected chi connectivity index (χ4v) is 1.77. The third-order valence-corrected chi connectivity index (χ3v) is 2.84. The summed E-state index contributed by atoms with van der Waals surface area (Å²) in [6.45, 7) is 10.8. The zero-order valence-electron chi connectivity index (χ0n) is 11.7. The molecule has 0 heterocycles. The highest BCUT2D eigenvalue weighted by Gasteiger charge is 2.13. The zero-order chi connectivity index (χ0) is 13.5. The summed E-state index contributed by atoms with van der Waals surface area (Å²) in [5.74, 6) is 1.64. The number of hydrogen-bond donors (Lipinski definition) is 1. The third kappa shape index (κ3) is 3.77. The van der Waals surface area contributed by atoms with Gasteiger partial charge in [-0.1, -0.05) is 25.6 Å². The Morgan fingerprint density at radius 2 is 2.11 bits per heavy atom. The highest BCUT2D eigenvalue weighted by molar-refractivity contribution is 5.42. The predicted molar refractivity (Wildman–Crippen MR) is 75.4 cm³/mol. The van der Waals surface area contributed by atoms with Crippen LogP contribution in [0.25, 0.3) is 0 Å². The van der Waals surface area contributed by atoms with E-state index in [0.717, 1.165) is 23.6 Å². The molecule has 0 aliphatic heterocycles. The molecule has 1 rings (SSSR count). The van der Waals surface area contributed by atoms with E-state index in [4.69, 9.17) is 9.47 Å². The largest absolute Gasteiger partial charge is 0.497 e. The van der Waals surface area contributed by atoms with E-state index < -0.39 is 0 Å². The Morgan fingerprint density at radius 3 is 2.67 bits per heavy atom. The summed E-state index contributed by atoms with van der Waals surface area (Å²) in [6.07, 6.45) is 1.76. The van der Waals surface area contributed by atoms with Gasteiger partial charge in [0, 0.05) is 17.7 Å². The Labute approximate surface area is 110 Å². The lowest BCUT2D eigenvalue weighted by Crippen LogP contribution is -2.19. The van der Waals surface area contributed by atoms with E-state index in [0.29, 0.717) is 0 Å². The summed E-state index contributed by atoms with van der Waals surface area (Å²) in [6, 6.07) is 6.16. The molecular weight excluding hydrogens is 226 g/mol. The van der Waals surface area contributed by atoms with Gasteiger partial charge in [-0.2, -0.15) is 0 Å². The first-order chi connectivity index (χ1) is 8.62. The number of methoxy groups -OCH3 is 1. The molecule has 0 aliphatic rings. The lowest BCUT2D eigenvalue weighted by atomic mass is 10.1. The Hall–Kier alpha value is -1.48. The van der Waals surface area contributed by atoms with Gasteiger partial charge in [0.05, 0.1) is 7.11 Å². The topological polar surface area (TPSA) is 30.5 Å². The van der Waals surface area contributed by atoms with E-state index in [9.17, 15) is 0 Å². The summed E-state index contributed by atoms with van der Waals surface area (Å²) in [5.41, 5.74) is 1.13. The highest BCUT2D eigenvalue weighted by atomic mass is 16.5. The van der Waals surface area contributed by atoms with Crippen molar-refractivity contribution in [2.75, 3.05) is 13.7 Å². The van der Waals surface area contributed by atoms with Crippen molar-refractivity contribution in [3.8, 4) is 11.5 Å². The predicted octanol–water partition coefficient (Wildman–Crippen LogP) is 3.32. The molecule has 0 spiro atoms. The van der Waals surface area contributed by atoms with Crippen molar-refractivity contribution in [1.29, 1.82) is 0 Å². The maximum Gasteiger partial charge on any atom is 0.128 e. The maximum absolute atomic E-state index is 5.87. The van der Waals surface area contributed by atoms with Crippen LogP contribution in [0, 0.1) is 0 Å². The van der Waals surface area contributed by atoms with Crippen molar-refractivity contribution in [3.63, 3.8) is 0 Å². The minimum Gasteiger partial charge on any atom is -0.497 e. The second-order valence-corrected chi connectivity index (χ2v) is 4.24. The number of benzene rings is 1. The maximum atomic E-state index is 5.87. The third-order valence-electron chi connectivity index (χ3n) is 2.84. The van der Waals surface area contributed by atoms with Crippen LogP contribution in [0.4, 0.5) is 0 Å². The molecule has 0 fully saturated rings. The van der Waals surface area contributed by atoms with E-state index in [1.54, 1.807) is 13.2 Å². The molecule has 100 valence electrons. The molecule has 3 heteroatoms. The van der Waals surface area contributed by atoms with Crippen LogP contribution in [0.5, 0.6) is 11.5 Å². The van der Waals surface area contributed by atoms with Crippen LogP contribution >= 0.6 is 0 Å². The number of ether oxygens (including phenoxy) is 2.